The molecule has 0 saturated heterocycles. The average molecular weight is 521 g/mol. The number of esters is 1. The third-order valence-electron chi connectivity index (χ3n) is 4.71. The van der Waals surface area contributed by atoms with Crippen LogP contribution in [0.1, 0.15) is 86.5 Å². The highest BCUT2D eigenvalue weighted by Gasteiger charge is 2.48. The molecule has 0 amide bonds. The lowest BCUT2D eigenvalue weighted by Crippen LogP contribution is -2.25. The van der Waals surface area contributed by atoms with Gasteiger partial charge in [-0.3, -0.25) is 0 Å². The molecule has 0 saturated carbocycles. The van der Waals surface area contributed by atoms with Gasteiger partial charge in [0, 0.05) is 6.42 Å². The van der Waals surface area contributed by atoms with Gasteiger partial charge < -0.3 is 8.92 Å². The van der Waals surface area contributed by atoms with E-state index in [9.17, 15) is 26.4 Å². The maximum atomic E-state index is 12.7. The van der Waals surface area contributed by atoms with E-state index in [1.165, 1.54) is 18.1 Å². The zero-order valence-corrected chi connectivity index (χ0v) is 22.4. The highest BCUT2D eigenvalue weighted by atomic mass is 32.2. The Kier molecular flexibility index (Phi) is 15.3. The summed E-state index contributed by atoms with van der Waals surface area (Å²) in [4.78, 5) is 11.7. The van der Waals surface area contributed by atoms with Crippen LogP contribution in [0.25, 0.3) is 0 Å². The summed E-state index contributed by atoms with van der Waals surface area (Å²) in [5.74, 6) is -1.59. The first-order valence-electron chi connectivity index (χ1n) is 11.7. The number of carbonyl (C=O) groups is 1. The van der Waals surface area contributed by atoms with Gasteiger partial charge in [0.15, 0.2) is 0 Å². The van der Waals surface area contributed by atoms with Crippen LogP contribution in [0.15, 0.2) is 58.4 Å². The molecule has 0 heterocycles. The van der Waals surface area contributed by atoms with Crippen molar-refractivity contribution in [1.29, 1.82) is 0 Å². The molecule has 0 aromatic carbocycles. The lowest BCUT2D eigenvalue weighted by atomic mass is 10.0. The fraction of sp³-hybridized carbons (Fsp3) is 0.577. The van der Waals surface area contributed by atoms with Gasteiger partial charge in [-0.2, -0.15) is 21.6 Å². The maximum absolute atomic E-state index is 12.7. The fourth-order valence-corrected chi connectivity index (χ4v) is 3.38. The van der Waals surface area contributed by atoms with Gasteiger partial charge in [-0.05, 0) is 80.1 Å². The molecular formula is C26H39F3O5S. The monoisotopic (exact) mass is 520 g/mol. The van der Waals surface area contributed by atoms with Crippen molar-refractivity contribution in [3.8, 4) is 0 Å². The van der Waals surface area contributed by atoms with Crippen molar-refractivity contribution in [3.05, 3.63) is 58.4 Å². The van der Waals surface area contributed by atoms with Crippen molar-refractivity contribution in [3.63, 3.8) is 0 Å². The molecule has 35 heavy (non-hydrogen) atoms. The van der Waals surface area contributed by atoms with Crippen molar-refractivity contribution in [2.75, 3.05) is 6.61 Å². The van der Waals surface area contributed by atoms with Gasteiger partial charge in [0.25, 0.3) is 0 Å². The number of halogens is 3. The summed E-state index contributed by atoms with van der Waals surface area (Å²) >= 11 is 0. The molecule has 0 aromatic rings. The molecular weight excluding hydrogens is 481 g/mol. The zero-order chi connectivity index (χ0) is 27.1. The van der Waals surface area contributed by atoms with E-state index in [1.54, 1.807) is 0 Å². The summed E-state index contributed by atoms with van der Waals surface area (Å²) in [6.07, 6.45) is 13.1. The maximum Gasteiger partial charge on any atom is 0.534 e. The molecule has 9 heteroatoms. The van der Waals surface area contributed by atoms with Gasteiger partial charge in [-0.25, -0.2) is 4.79 Å². The first-order valence-corrected chi connectivity index (χ1v) is 13.1. The van der Waals surface area contributed by atoms with Crippen LogP contribution in [0.3, 0.4) is 0 Å². The van der Waals surface area contributed by atoms with Crippen molar-refractivity contribution in [2.45, 2.75) is 92.0 Å². The highest BCUT2D eigenvalue weighted by molar-refractivity contribution is 7.87. The third kappa shape index (κ3) is 16.1. The topological polar surface area (TPSA) is 69.7 Å². The van der Waals surface area contributed by atoms with Gasteiger partial charge >= 0.3 is 21.6 Å². The average Bonchev–Trinajstić information content (AvgIpc) is 2.70. The Morgan fingerprint density at radius 1 is 0.829 bits per heavy atom. The summed E-state index contributed by atoms with van der Waals surface area (Å²) in [5.41, 5.74) is -0.829. The number of alkyl halides is 3. The Hall–Kier alpha value is -2.29. The Labute approximate surface area is 208 Å². The van der Waals surface area contributed by atoms with E-state index in [1.807, 2.05) is 19.9 Å². The van der Waals surface area contributed by atoms with E-state index in [2.05, 4.69) is 47.9 Å². The minimum atomic E-state index is -5.88. The normalized spacial score (nSPS) is 13.3. The van der Waals surface area contributed by atoms with Crippen molar-refractivity contribution >= 4 is 16.1 Å². The van der Waals surface area contributed by atoms with E-state index in [-0.39, 0.29) is 19.4 Å². The number of ether oxygens (including phenoxy) is 1. The summed E-state index contributed by atoms with van der Waals surface area (Å²) < 4.78 is 70.0. The van der Waals surface area contributed by atoms with Gasteiger partial charge in [0.1, 0.15) is 5.76 Å². The third-order valence-corrected chi connectivity index (χ3v) is 5.71. The van der Waals surface area contributed by atoms with Crippen molar-refractivity contribution in [2.24, 2.45) is 0 Å². The second-order valence-corrected chi connectivity index (χ2v) is 10.2. The molecule has 5 nitrogen and oxygen atoms in total. The molecule has 0 aliphatic carbocycles. The van der Waals surface area contributed by atoms with E-state index in [0.29, 0.717) is 12.5 Å². The van der Waals surface area contributed by atoms with Crippen LogP contribution < -0.4 is 0 Å². The molecule has 0 N–H and O–H groups in total. The van der Waals surface area contributed by atoms with E-state index >= 15 is 0 Å². The van der Waals surface area contributed by atoms with Gasteiger partial charge in [-0.1, -0.05) is 46.6 Å². The van der Waals surface area contributed by atoms with Crippen LogP contribution in [-0.4, -0.2) is 26.5 Å². The Bertz CT molecular complexity index is 929. The molecule has 200 valence electrons. The second-order valence-electron chi connectivity index (χ2n) is 8.64. The molecule has 0 aromatic heterocycles. The standard InChI is InChI=1S/C26H39F3O5S/c1-7-33-25(30)19-24(34-35(31,32)26(27,28)29)16-10-15-23(18-17-21(4)5)14-9-13-22(6)12-8-11-20(2)3/h11,13,15,17,19H,7-10,12,14,16,18H2,1-6H3. The van der Waals surface area contributed by atoms with E-state index in [0.717, 1.165) is 36.8 Å². The SMILES string of the molecule is CCOC(=O)C=C(CCC=C(CC=C(C)C)CCC=C(C)CCC=C(C)C)OS(=O)(=O)C(F)(F)F. The van der Waals surface area contributed by atoms with Gasteiger partial charge in [0.2, 0.25) is 0 Å². The molecule has 0 radical (unpaired) electrons. The molecule has 0 spiro atoms. The summed E-state index contributed by atoms with van der Waals surface area (Å²) in [5, 5.41) is 0. The molecule has 0 bridgehead atoms. The zero-order valence-electron chi connectivity index (χ0n) is 21.6. The fourth-order valence-electron chi connectivity index (χ4n) is 2.88. The molecule has 0 atom stereocenters. The number of hydrogen-bond acceptors (Lipinski definition) is 5. The lowest BCUT2D eigenvalue weighted by Gasteiger charge is -2.12. The van der Waals surface area contributed by atoms with Crippen LogP contribution in [0.4, 0.5) is 13.2 Å². The number of allylic oxidation sites excluding steroid dienone is 9. The Morgan fingerprint density at radius 3 is 1.94 bits per heavy atom. The summed E-state index contributed by atoms with van der Waals surface area (Å²) in [6, 6.07) is 0. The van der Waals surface area contributed by atoms with Crippen LogP contribution >= 0.6 is 0 Å². The predicted molar refractivity (Wildman–Crippen MR) is 134 cm³/mol. The van der Waals surface area contributed by atoms with Crippen LogP contribution in [0.2, 0.25) is 0 Å². The van der Waals surface area contributed by atoms with E-state index < -0.39 is 27.4 Å². The first kappa shape index (κ1) is 32.7. The van der Waals surface area contributed by atoms with Gasteiger partial charge in [-0.15, -0.1) is 0 Å². The lowest BCUT2D eigenvalue weighted by molar-refractivity contribution is -0.137. The molecule has 0 aliphatic heterocycles. The molecule has 0 fully saturated rings. The quantitative estimate of drug-likeness (QED) is 0.0549. The number of carbonyl (C=O) groups excluding carboxylic acids is 1. The number of rotatable bonds is 15. The highest BCUT2D eigenvalue weighted by Crippen LogP contribution is 2.28. The van der Waals surface area contributed by atoms with Crippen LogP contribution in [0, 0.1) is 0 Å². The van der Waals surface area contributed by atoms with Gasteiger partial charge in [0.05, 0.1) is 12.7 Å². The van der Waals surface area contributed by atoms with E-state index in [4.69, 9.17) is 0 Å². The minimum absolute atomic E-state index is 0.0112. The van der Waals surface area contributed by atoms with Crippen molar-refractivity contribution < 1.29 is 35.3 Å². The largest absolute Gasteiger partial charge is 0.534 e. The smallest absolute Gasteiger partial charge is 0.463 e. The second kappa shape index (κ2) is 16.4. The Morgan fingerprint density at radius 2 is 1.40 bits per heavy atom. The summed E-state index contributed by atoms with van der Waals surface area (Å²) in [6.45, 7) is 11.7. The minimum Gasteiger partial charge on any atom is -0.463 e. The molecule has 0 unspecified atom stereocenters. The number of hydrogen-bond donors (Lipinski definition) is 0. The van der Waals surface area contributed by atoms with Crippen molar-refractivity contribution in [1.82, 2.24) is 0 Å². The van der Waals surface area contributed by atoms with Crippen LogP contribution in [0.5, 0.6) is 0 Å². The molecule has 0 aliphatic rings. The first-order chi connectivity index (χ1) is 16.2. The van der Waals surface area contributed by atoms with Crippen LogP contribution in [-0.2, 0) is 23.8 Å². The molecule has 0 rings (SSSR count). The predicted octanol–water partition coefficient (Wildman–Crippen LogP) is 7.84. The Balaban J connectivity index is 5.43. The summed E-state index contributed by atoms with van der Waals surface area (Å²) in [7, 11) is -5.88.